The Labute approximate surface area is 135 Å². The molecule has 0 bridgehead atoms. The van der Waals surface area contributed by atoms with Gasteiger partial charge >= 0.3 is 0 Å². The van der Waals surface area contributed by atoms with Gasteiger partial charge in [0.05, 0.1) is 12.4 Å². The quantitative estimate of drug-likeness (QED) is 0.581. The van der Waals surface area contributed by atoms with Crippen molar-refractivity contribution < 1.29 is 14.9 Å². The Hall–Kier alpha value is -1.62. The zero-order valence-corrected chi connectivity index (χ0v) is 13.5. The van der Waals surface area contributed by atoms with E-state index in [9.17, 15) is 15.0 Å². The number of fused-ring (bicyclic) bond motifs is 1. The van der Waals surface area contributed by atoms with E-state index in [1.807, 2.05) is 13.8 Å². The van der Waals surface area contributed by atoms with E-state index in [1.165, 1.54) is 10.9 Å². The molecule has 23 heavy (non-hydrogen) atoms. The highest BCUT2D eigenvalue weighted by atomic mass is 32.2. The Morgan fingerprint density at radius 1 is 1.48 bits per heavy atom. The summed E-state index contributed by atoms with van der Waals surface area (Å²) in [6.45, 7) is 4.09. The summed E-state index contributed by atoms with van der Waals surface area (Å²) in [4.78, 5) is 22.2. The fourth-order valence-electron chi connectivity index (χ4n) is 2.51. The molecule has 0 spiro atoms. The summed E-state index contributed by atoms with van der Waals surface area (Å²) >= 11 is 1.63. The van der Waals surface area contributed by atoms with Crippen LogP contribution in [-0.4, -0.2) is 59.0 Å². The van der Waals surface area contributed by atoms with Crippen LogP contribution in [0.2, 0.25) is 0 Å². The lowest BCUT2D eigenvalue weighted by molar-refractivity contribution is -0.0289. The van der Waals surface area contributed by atoms with Gasteiger partial charge in [-0.25, -0.2) is 4.98 Å². The monoisotopic (exact) mass is 341 g/mol. The third kappa shape index (κ3) is 2.94. The largest absolute Gasteiger partial charge is 0.387 e. The van der Waals surface area contributed by atoms with Crippen molar-refractivity contribution in [3.05, 3.63) is 16.7 Å². The number of aromatic nitrogens is 4. The average Bonchev–Trinajstić information content (AvgIpc) is 3.00. The van der Waals surface area contributed by atoms with Crippen LogP contribution in [0.1, 0.15) is 20.1 Å². The van der Waals surface area contributed by atoms with Gasteiger partial charge in [-0.05, 0) is 5.25 Å². The number of aromatic amines is 1. The fourth-order valence-corrected chi connectivity index (χ4v) is 3.36. The average molecular weight is 341 g/mol. The minimum Gasteiger partial charge on any atom is -0.387 e. The molecule has 0 unspecified atom stereocenters. The number of nitrogens with zero attached hydrogens (tertiary/aromatic N) is 3. The molecule has 1 aliphatic rings. The highest BCUT2D eigenvalue weighted by Gasteiger charge is 2.44. The maximum atomic E-state index is 11.8. The van der Waals surface area contributed by atoms with Crippen LogP contribution in [0.15, 0.2) is 11.1 Å². The minimum absolute atomic E-state index is 0.0517. The van der Waals surface area contributed by atoms with Crippen molar-refractivity contribution in [2.24, 2.45) is 0 Å². The van der Waals surface area contributed by atoms with Gasteiger partial charge in [-0.1, -0.05) is 13.8 Å². The normalized spacial score (nSPS) is 28.0. The van der Waals surface area contributed by atoms with Crippen molar-refractivity contribution in [2.45, 2.75) is 43.6 Å². The molecule has 1 saturated heterocycles. The zero-order chi connectivity index (χ0) is 16.7. The second kappa shape index (κ2) is 6.11. The predicted octanol–water partition coefficient (Wildman–Crippen LogP) is -0.537. The van der Waals surface area contributed by atoms with E-state index in [1.54, 1.807) is 11.8 Å². The molecular formula is C13H19N5O4S. The van der Waals surface area contributed by atoms with Crippen LogP contribution in [0.4, 0.5) is 5.95 Å². The van der Waals surface area contributed by atoms with Crippen molar-refractivity contribution in [1.82, 2.24) is 19.5 Å². The number of aliphatic hydroxyl groups excluding tert-OH is 2. The number of ether oxygens (including phenoxy) is 1. The van der Waals surface area contributed by atoms with E-state index >= 15 is 0 Å². The Morgan fingerprint density at radius 2 is 2.22 bits per heavy atom. The van der Waals surface area contributed by atoms with Gasteiger partial charge in [0.25, 0.3) is 5.56 Å². The molecule has 3 heterocycles. The number of H-pyrrole nitrogens is 1. The lowest BCUT2D eigenvalue weighted by Crippen LogP contribution is -2.32. The second-order valence-corrected chi connectivity index (χ2v) is 7.31. The Morgan fingerprint density at radius 3 is 2.91 bits per heavy atom. The minimum atomic E-state index is -1.15. The highest BCUT2D eigenvalue weighted by Crippen LogP contribution is 2.33. The number of aliphatic hydroxyl groups is 2. The molecule has 126 valence electrons. The third-order valence-corrected chi connectivity index (χ3v) is 4.84. The fraction of sp³-hybridized carbons (Fsp3) is 0.615. The molecule has 4 atom stereocenters. The first-order chi connectivity index (χ1) is 10.9. The SMILES string of the molecule is CC(C)SC[C@H]1O[C@@H](n2cnc3c(=O)[nH]c(N)nc32)[C@H](O)[C@@H]1O. The number of hydrogen-bond donors (Lipinski definition) is 4. The van der Waals surface area contributed by atoms with E-state index in [0.717, 1.165) is 0 Å². The second-order valence-electron chi connectivity index (χ2n) is 5.70. The molecule has 1 fully saturated rings. The molecule has 2 aromatic rings. The molecule has 5 N–H and O–H groups in total. The lowest BCUT2D eigenvalue weighted by atomic mass is 10.1. The van der Waals surface area contributed by atoms with E-state index in [0.29, 0.717) is 11.0 Å². The van der Waals surface area contributed by atoms with Crippen LogP contribution >= 0.6 is 11.8 Å². The van der Waals surface area contributed by atoms with Gasteiger partial charge in [-0.3, -0.25) is 14.3 Å². The topological polar surface area (TPSA) is 139 Å². The maximum absolute atomic E-state index is 11.8. The van der Waals surface area contributed by atoms with E-state index in [-0.39, 0.29) is 17.1 Å². The Kier molecular flexibility index (Phi) is 4.32. The van der Waals surface area contributed by atoms with Gasteiger partial charge in [0.1, 0.15) is 12.2 Å². The number of anilines is 1. The molecule has 0 amide bonds. The number of rotatable bonds is 4. The van der Waals surface area contributed by atoms with Crippen molar-refractivity contribution in [2.75, 3.05) is 11.5 Å². The summed E-state index contributed by atoms with van der Waals surface area (Å²) in [5.74, 6) is 0.499. The number of hydrogen-bond acceptors (Lipinski definition) is 8. The smallest absolute Gasteiger partial charge is 0.280 e. The molecule has 0 radical (unpaired) electrons. The third-order valence-electron chi connectivity index (χ3n) is 3.66. The van der Waals surface area contributed by atoms with Gasteiger partial charge in [0, 0.05) is 5.75 Å². The molecule has 0 aliphatic carbocycles. The van der Waals surface area contributed by atoms with Gasteiger partial charge in [0.2, 0.25) is 5.95 Å². The van der Waals surface area contributed by atoms with E-state index in [4.69, 9.17) is 10.5 Å². The Bertz CT molecular complexity index is 760. The summed E-state index contributed by atoms with van der Waals surface area (Å²) in [6, 6.07) is 0. The first-order valence-electron chi connectivity index (χ1n) is 7.24. The van der Waals surface area contributed by atoms with Crippen LogP contribution in [-0.2, 0) is 4.74 Å². The van der Waals surface area contributed by atoms with Crippen molar-refractivity contribution in [3.63, 3.8) is 0 Å². The van der Waals surface area contributed by atoms with Gasteiger partial charge in [-0.15, -0.1) is 0 Å². The number of nitrogen functional groups attached to an aromatic ring is 1. The zero-order valence-electron chi connectivity index (χ0n) is 12.7. The number of nitrogens with two attached hydrogens (primary N) is 1. The van der Waals surface area contributed by atoms with Crippen LogP contribution in [0.3, 0.4) is 0 Å². The summed E-state index contributed by atoms with van der Waals surface area (Å²) in [7, 11) is 0. The summed E-state index contributed by atoms with van der Waals surface area (Å²) in [6.07, 6.45) is -2.21. The molecule has 0 saturated carbocycles. The van der Waals surface area contributed by atoms with Crippen LogP contribution in [0.5, 0.6) is 0 Å². The number of thioether (sulfide) groups is 1. The molecule has 2 aromatic heterocycles. The molecule has 10 heteroatoms. The standard InChI is InChI=1S/C13H19N5O4S/c1-5(2)23-3-6-8(19)9(20)12(22-6)18-4-15-7-10(18)16-13(14)17-11(7)21/h4-6,8-9,12,19-20H,3H2,1-2H3,(H3,14,16,17,21)/t6-,8-,9-,12-/m1/s1. The van der Waals surface area contributed by atoms with Crippen molar-refractivity contribution in [3.8, 4) is 0 Å². The maximum Gasteiger partial charge on any atom is 0.280 e. The number of nitrogens with one attached hydrogen (secondary N) is 1. The Balaban J connectivity index is 1.91. The van der Waals surface area contributed by atoms with Gasteiger partial charge in [0.15, 0.2) is 17.4 Å². The molecule has 0 aromatic carbocycles. The summed E-state index contributed by atoms with van der Waals surface area (Å²) in [5.41, 5.74) is 5.40. The summed E-state index contributed by atoms with van der Waals surface area (Å²) < 4.78 is 7.20. The molecule has 1 aliphatic heterocycles. The molecule has 9 nitrogen and oxygen atoms in total. The molecular weight excluding hydrogens is 322 g/mol. The molecule has 3 rings (SSSR count). The van der Waals surface area contributed by atoms with Crippen LogP contribution in [0, 0.1) is 0 Å². The van der Waals surface area contributed by atoms with Crippen molar-refractivity contribution in [1.29, 1.82) is 0 Å². The summed E-state index contributed by atoms with van der Waals surface area (Å²) in [5, 5.41) is 20.9. The highest BCUT2D eigenvalue weighted by molar-refractivity contribution is 7.99. The van der Waals surface area contributed by atoms with Gasteiger partial charge in [-0.2, -0.15) is 16.7 Å². The van der Waals surface area contributed by atoms with E-state index in [2.05, 4.69) is 15.0 Å². The predicted molar refractivity (Wildman–Crippen MR) is 86.1 cm³/mol. The number of imidazole rings is 1. The van der Waals surface area contributed by atoms with Crippen LogP contribution < -0.4 is 11.3 Å². The van der Waals surface area contributed by atoms with Crippen molar-refractivity contribution >= 4 is 28.9 Å². The van der Waals surface area contributed by atoms with Crippen LogP contribution in [0.25, 0.3) is 11.2 Å². The first kappa shape index (κ1) is 16.2. The van der Waals surface area contributed by atoms with E-state index < -0.39 is 30.1 Å². The lowest BCUT2D eigenvalue weighted by Gasteiger charge is -2.16. The first-order valence-corrected chi connectivity index (χ1v) is 8.29. The van der Waals surface area contributed by atoms with Gasteiger partial charge < -0.3 is 20.7 Å².